The highest BCUT2D eigenvalue weighted by Gasteiger charge is 2.14. The Balaban J connectivity index is 1.93. The van der Waals surface area contributed by atoms with E-state index in [0.717, 1.165) is 23.3 Å². The van der Waals surface area contributed by atoms with Crippen molar-refractivity contribution in [2.24, 2.45) is 5.73 Å². The van der Waals surface area contributed by atoms with Crippen molar-refractivity contribution in [3.8, 4) is 0 Å². The van der Waals surface area contributed by atoms with Crippen molar-refractivity contribution in [3.05, 3.63) is 64.6 Å². The van der Waals surface area contributed by atoms with Crippen LogP contribution in [0.3, 0.4) is 0 Å². The van der Waals surface area contributed by atoms with Gasteiger partial charge in [0.1, 0.15) is 5.76 Å². The second-order valence-corrected chi connectivity index (χ2v) is 6.97. The van der Waals surface area contributed by atoms with E-state index in [4.69, 9.17) is 10.5 Å². The van der Waals surface area contributed by atoms with E-state index in [1.165, 1.54) is 51.0 Å². The highest BCUT2D eigenvalue weighted by atomic mass is 16.5. The fraction of sp³-hybridized carbons (Fsp3) is 0.435. The van der Waals surface area contributed by atoms with Crippen LogP contribution in [0.4, 0.5) is 0 Å². The topological polar surface area (TPSA) is 52.3 Å². The third-order valence-corrected chi connectivity index (χ3v) is 4.55. The van der Waals surface area contributed by atoms with Gasteiger partial charge in [-0.15, -0.1) is 0 Å². The zero-order valence-electron chi connectivity index (χ0n) is 16.1. The first-order chi connectivity index (χ1) is 12.6. The number of nitrogens with two attached hydrogens (primary N) is 1. The van der Waals surface area contributed by atoms with Gasteiger partial charge in [-0.05, 0) is 42.2 Å². The van der Waals surface area contributed by atoms with Crippen molar-refractivity contribution in [2.75, 3.05) is 0 Å². The molecule has 0 fully saturated rings. The van der Waals surface area contributed by atoms with Gasteiger partial charge in [0.25, 0.3) is 0 Å². The molecular weight excluding hydrogens is 322 g/mol. The van der Waals surface area contributed by atoms with Crippen LogP contribution >= 0.6 is 0 Å². The van der Waals surface area contributed by atoms with Gasteiger partial charge in [0, 0.05) is 24.6 Å². The third-order valence-electron chi connectivity index (χ3n) is 4.55. The fourth-order valence-corrected chi connectivity index (χ4v) is 3.12. The predicted molar refractivity (Wildman–Crippen MR) is 108 cm³/mol. The van der Waals surface area contributed by atoms with E-state index in [-0.39, 0.29) is 5.97 Å². The first kappa shape index (κ1) is 20.0. The van der Waals surface area contributed by atoms with Crippen LogP contribution in [0.5, 0.6) is 0 Å². The maximum atomic E-state index is 11.3. The number of allylic oxidation sites excluding steroid dienone is 4. The predicted octanol–water partition coefficient (Wildman–Crippen LogP) is 5.67. The van der Waals surface area contributed by atoms with Gasteiger partial charge in [-0.2, -0.15) is 0 Å². The number of unbranched alkanes of at least 4 members (excludes halogenated alkanes) is 5. The maximum Gasteiger partial charge on any atom is 0.308 e. The summed E-state index contributed by atoms with van der Waals surface area (Å²) < 4.78 is 5.30. The molecule has 2 N–H and O–H groups in total. The van der Waals surface area contributed by atoms with Crippen molar-refractivity contribution < 1.29 is 9.53 Å². The second kappa shape index (κ2) is 10.6. The molecule has 0 aliphatic heterocycles. The summed E-state index contributed by atoms with van der Waals surface area (Å²) in [5, 5.41) is 0. The number of hydrogen-bond acceptors (Lipinski definition) is 3. The number of benzene rings is 1. The minimum absolute atomic E-state index is 0.315. The van der Waals surface area contributed by atoms with Crippen LogP contribution in [0.25, 0.3) is 6.08 Å². The SMILES string of the molecule is CCCCCCCCc1ccc(C=C2CC(N)=CC=C2OC(C)=O)cc1. The van der Waals surface area contributed by atoms with E-state index in [0.29, 0.717) is 12.2 Å². The first-order valence-electron chi connectivity index (χ1n) is 9.73. The average Bonchev–Trinajstić information content (AvgIpc) is 2.61. The third kappa shape index (κ3) is 6.91. The van der Waals surface area contributed by atoms with Crippen LogP contribution in [0, 0.1) is 0 Å². The van der Waals surface area contributed by atoms with E-state index in [1.807, 2.05) is 6.08 Å². The summed E-state index contributed by atoms with van der Waals surface area (Å²) in [6.07, 6.45) is 15.3. The zero-order chi connectivity index (χ0) is 18.8. The molecule has 140 valence electrons. The molecule has 0 radical (unpaired) electrons. The van der Waals surface area contributed by atoms with Gasteiger partial charge in [-0.1, -0.05) is 63.3 Å². The normalized spacial score (nSPS) is 15.5. The number of aryl methyl sites for hydroxylation is 1. The van der Waals surface area contributed by atoms with Crippen LogP contribution in [0.1, 0.15) is 69.9 Å². The molecule has 0 aromatic heterocycles. The summed E-state index contributed by atoms with van der Waals surface area (Å²) in [5.74, 6) is 0.271. The van der Waals surface area contributed by atoms with Crippen molar-refractivity contribution in [1.29, 1.82) is 0 Å². The van der Waals surface area contributed by atoms with Crippen LogP contribution in [0.15, 0.2) is 53.4 Å². The van der Waals surface area contributed by atoms with E-state index in [2.05, 4.69) is 31.2 Å². The molecule has 1 aliphatic carbocycles. The van der Waals surface area contributed by atoms with Crippen LogP contribution in [0.2, 0.25) is 0 Å². The van der Waals surface area contributed by atoms with E-state index in [9.17, 15) is 4.79 Å². The quantitative estimate of drug-likeness (QED) is 0.460. The average molecular weight is 354 g/mol. The van der Waals surface area contributed by atoms with Crippen LogP contribution < -0.4 is 5.73 Å². The van der Waals surface area contributed by atoms with E-state index in [1.54, 1.807) is 12.2 Å². The summed E-state index contributed by atoms with van der Waals surface area (Å²) in [4.78, 5) is 11.3. The molecule has 0 amide bonds. The maximum absolute atomic E-state index is 11.3. The molecule has 0 atom stereocenters. The molecule has 1 aromatic rings. The van der Waals surface area contributed by atoms with Gasteiger partial charge in [0.2, 0.25) is 0 Å². The Morgan fingerprint density at radius 3 is 2.46 bits per heavy atom. The first-order valence-corrected chi connectivity index (χ1v) is 9.73. The number of carbonyl (C=O) groups is 1. The molecule has 0 saturated carbocycles. The summed E-state index contributed by atoms with van der Waals surface area (Å²) in [6.45, 7) is 3.66. The van der Waals surface area contributed by atoms with Crippen molar-refractivity contribution in [3.63, 3.8) is 0 Å². The summed E-state index contributed by atoms with van der Waals surface area (Å²) in [5.41, 5.74) is 10.1. The zero-order valence-corrected chi connectivity index (χ0v) is 16.1. The Hall–Kier alpha value is -2.29. The number of rotatable bonds is 9. The molecule has 3 heteroatoms. The molecule has 0 heterocycles. The number of carbonyl (C=O) groups excluding carboxylic acids is 1. The van der Waals surface area contributed by atoms with Crippen LogP contribution in [-0.2, 0) is 16.0 Å². The molecule has 0 saturated heterocycles. The number of ether oxygens (including phenoxy) is 1. The standard InChI is InChI=1S/C23H31NO2/c1-3-4-5-6-7-8-9-19-10-12-20(13-11-19)16-21-17-22(24)14-15-23(21)26-18(2)25/h10-16H,3-9,17,24H2,1-2H3. The minimum atomic E-state index is -0.315. The molecule has 3 nitrogen and oxygen atoms in total. The minimum Gasteiger partial charge on any atom is -0.426 e. The molecule has 2 rings (SSSR count). The highest BCUT2D eigenvalue weighted by molar-refractivity contribution is 5.70. The number of hydrogen-bond donors (Lipinski definition) is 1. The Labute approximate surface area is 157 Å². The van der Waals surface area contributed by atoms with Gasteiger partial charge in [0.05, 0.1) is 0 Å². The Morgan fingerprint density at radius 1 is 1.08 bits per heavy atom. The molecular formula is C23H31NO2. The number of esters is 1. The lowest BCUT2D eigenvalue weighted by molar-refractivity contribution is -0.136. The lowest BCUT2D eigenvalue weighted by atomic mass is 9.99. The van der Waals surface area contributed by atoms with Gasteiger partial charge < -0.3 is 10.5 Å². The Kier molecular flexibility index (Phi) is 8.20. The lowest BCUT2D eigenvalue weighted by Crippen LogP contribution is -2.09. The Morgan fingerprint density at radius 2 is 1.77 bits per heavy atom. The smallest absolute Gasteiger partial charge is 0.308 e. The molecule has 0 spiro atoms. The van der Waals surface area contributed by atoms with Crippen molar-refractivity contribution in [1.82, 2.24) is 0 Å². The van der Waals surface area contributed by atoms with Crippen molar-refractivity contribution in [2.45, 2.75) is 65.2 Å². The summed E-state index contributed by atoms with van der Waals surface area (Å²) in [6, 6.07) is 8.63. The van der Waals surface area contributed by atoms with E-state index < -0.39 is 0 Å². The summed E-state index contributed by atoms with van der Waals surface area (Å²) >= 11 is 0. The van der Waals surface area contributed by atoms with Crippen molar-refractivity contribution >= 4 is 12.0 Å². The van der Waals surface area contributed by atoms with Gasteiger partial charge >= 0.3 is 5.97 Å². The Bertz CT molecular complexity index is 681. The molecule has 26 heavy (non-hydrogen) atoms. The molecule has 0 bridgehead atoms. The lowest BCUT2D eigenvalue weighted by Gasteiger charge is -2.15. The second-order valence-electron chi connectivity index (χ2n) is 6.97. The van der Waals surface area contributed by atoms with Gasteiger partial charge in [-0.3, -0.25) is 4.79 Å². The molecule has 1 aliphatic rings. The fourth-order valence-electron chi connectivity index (χ4n) is 3.12. The molecule has 0 unspecified atom stereocenters. The van der Waals surface area contributed by atoms with Crippen LogP contribution in [-0.4, -0.2) is 5.97 Å². The summed E-state index contributed by atoms with van der Waals surface area (Å²) in [7, 11) is 0. The van der Waals surface area contributed by atoms with Gasteiger partial charge in [0.15, 0.2) is 0 Å². The monoisotopic (exact) mass is 353 g/mol. The molecule has 1 aromatic carbocycles. The highest BCUT2D eigenvalue weighted by Crippen LogP contribution is 2.26. The van der Waals surface area contributed by atoms with E-state index >= 15 is 0 Å². The largest absolute Gasteiger partial charge is 0.426 e. The van der Waals surface area contributed by atoms with Gasteiger partial charge in [-0.25, -0.2) is 0 Å².